The molecule has 19 heavy (non-hydrogen) atoms. The summed E-state index contributed by atoms with van der Waals surface area (Å²) in [5, 5.41) is 0. The highest BCUT2D eigenvalue weighted by atomic mass is 32.1. The molecule has 1 aromatic rings. The average molecular weight is 285 g/mol. The van der Waals surface area contributed by atoms with Gasteiger partial charge in [0.15, 0.2) is 0 Å². The third-order valence-electron chi connectivity index (χ3n) is 3.00. The standard InChI is InChI=1S/C14H20FNO2S/c1-14(2,17-3)6-7-18-9-10-4-5-11(15)8-12(10)13(16)19/h4-5,8H,6-7,9H2,1-3H3,(H2,16,19). The lowest BCUT2D eigenvalue weighted by Crippen LogP contribution is -2.24. The fourth-order valence-corrected chi connectivity index (χ4v) is 1.70. The lowest BCUT2D eigenvalue weighted by molar-refractivity contribution is -0.0124. The number of thiocarbonyl (C=S) groups is 1. The van der Waals surface area contributed by atoms with Crippen LogP contribution in [0.1, 0.15) is 31.4 Å². The number of ether oxygens (including phenoxy) is 2. The molecule has 0 spiro atoms. The molecule has 0 saturated carbocycles. The van der Waals surface area contributed by atoms with E-state index in [0.717, 1.165) is 12.0 Å². The van der Waals surface area contributed by atoms with Crippen LogP contribution >= 0.6 is 12.2 Å². The smallest absolute Gasteiger partial charge is 0.123 e. The van der Waals surface area contributed by atoms with Gasteiger partial charge in [-0.2, -0.15) is 0 Å². The van der Waals surface area contributed by atoms with Gasteiger partial charge in [0.1, 0.15) is 10.8 Å². The lowest BCUT2D eigenvalue weighted by Gasteiger charge is -2.22. The maximum Gasteiger partial charge on any atom is 0.123 e. The van der Waals surface area contributed by atoms with Gasteiger partial charge >= 0.3 is 0 Å². The van der Waals surface area contributed by atoms with Crippen molar-refractivity contribution in [2.75, 3.05) is 13.7 Å². The molecule has 0 aliphatic carbocycles. The molecule has 0 fully saturated rings. The minimum atomic E-state index is -0.355. The van der Waals surface area contributed by atoms with E-state index >= 15 is 0 Å². The van der Waals surface area contributed by atoms with Crippen LogP contribution in [0.2, 0.25) is 0 Å². The van der Waals surface area contributed by atoms with E-state index in [4.69, 9.17) is 27.4 Å². The van der Waals surface area contributed by atoms with Gasteiger partial charge in [-0.05, 0) is 38.0 Å². The van der Waals surface area contributed by atoms with Crippen molar-refractivity contribution in [1.82, 2.24) is 0 Å². The zero-order chi connectivity index (χ0) is 14.5. The van der Waals surface area contributed by atoms with E-state index in [2.05, 4.69) is 0 Å². The van der Waals surface area contributed by atoms with Crippen LogP contribution in [-0.2, 0) is 16.1 Å². The Morgan fingerprint density at radius 3 is 2.68 bits per heavy atom. The Balaban J connectivity index is 2.56. The number of nitrogens with two attached hydrogens (primary N) is 1. The number of hydrogen-bond acceptors (Lipinski definition) is 3. The van der Waals surface area contributed by atoms with Gasteiger partial charge in [0.2, 0.25) is 0 Å². The molecule has 2 N–H and O–H groups in total. The lowest BCUT2D eigenvalue weighted by atomic mass is 10.1. The van der Waals surface area contributed by atoms with Gasteiger partial charge in [0.05, 0.1) is 12.2 Å². The van der Waals surface area contributed by atoms with Crippen LogP contribution in [-0.4, -0.2) is 24.3 Å². The molecule has 0 aromatic heterocycles. The molecular formula is C14H20FNO2S. The van der Waals surface area contributed by atoms with Crippen LogP contribution < -0.4 is 5.73 Å². The van der Waals surface area contributed by atoms with Gasteiger partial charge in [0, 0.05) is 19.3 Å². The zero-order valence-electron chi connectivity index (χ0n) is 11.5. The highest BCUT2D eigenvalue weighted by Crippen LogP contribution is 2.15. The van der Waals surface area contributed by atoms with Crippen molar-refractivity contribution in [3.63, 3.8) is 0 Å². The van der Waals surface area contributed by atoms with Crippen molar-refractivity contribution in [3.8, 4) is 0 Å². The number of hydrogen-bond donors (Lipinski definition) is 1. The van der Waals surface area contributed by atoms with E-state index in [9.17, 15) is 4.39 Å². The zero-order valence-corrected chi connectivity index (χ0v) is 12.3. The first-order valence-corrected chi connectivity index (χ1v) is 6.47. The molecule has 0 saturated heterocycles. The average Bonchev–Trinajstić information content (AvgIpc) is 2.36. The quantitative estimate of drug-likeness (QED) is 0.618. The summed E-state index contributed by atoms with van der Waals surface area (Å²) in [5.41, 5.74) is 6.68. The van der Waals surface area contributed by atoms with Crippen molar-refractivity contribution in [2.45, 2.75) is 32.5 Å². The normalized spacial score (nSPS) is 11.6. The van der Waals surface area contributed by atoms with E-state index < -0.39 is 0 Å². The Labute approximate surface area is 118 Å². The number of methoxy groups -OCH3 is 1. The first kappa shape index (κ1) is 16.0. The summed E-state index contributed by atoms with van der Waals surface area (Å²) in [6, 6.07) is 4.35. The largest absolute Gasteiger partial charge is 0.389 e. The predicted molar refractivity (Wildman–Crippen MR) is 77.6 cm³/mol. The monoisotopic (exact) mass is 285 g/mol. The molecule has 1 aromatic carbocycles. The van der Waals surface area contributed by atoms with E-state index in [0.29, 0.717) is 18.8 Å². The first-order valence-electron chi connectivity index (χ1n) is 6.07. The maximum atomic E-state index is 13.1. The molecule has 106 valence electrons. The van der Waals surface area contributed by atoms with Crippen LogP contribution in [0.5, 0.6) is 0 Å². The van der Waals surface area contributed by atoms with Crippen molar-refractivity contribution >= 4 is 17.2 Å². The van der Waals surface area contributed by atoms with Crippen LogP contribution in [0.15, 0.2) is 18.2 Å². The van der Waals surface area contributed by atoms with Crippen LogP contribution in [0.4, 0.5) is 4.39 Å². The molecule has 0 aliphatic rings. The van der Waals surface area contributed by atoms with Gasteiger partial charge < -0.3 is 15.2 Å². The van der Waals surface area contributed by atoms with Crippen molar-refractivity contribution < 1.29 is 13.9 Å². The van der Waals surface area contributed by atoms with Gasteiger partial charge in [-0.3, -0.25) is 0 Å². The number of benzene rings is 1. The second-order valence-corrected chi connectivity index (χ2v) is 5.37. The fourth-order valence-electron chi connectivity index (χ4n) is 1.51. The summed E-state index contributed by atoms with van der Waals surface area (Å²) in [4.78, 5) is 0.176. The Hall–Kier alpha value is -1.04. The number of halogens is 1. The summed E-state index contributed by atoms with van der Waals surface area (Å²) in [6.45, 7) is 4.89. The molecule has 1 rings (SSSR count). The van der Waals surface area contributed by atoms with Gasteiger partial charge in [-0.1, -0.05) is 18.3 Å². The van der Waals surface area contributed by atoms with E-state index in [1.165, 1.54) is 12.1 Å². The summed E-state index contributed by atoms with van der Waals surface area (Å²) in [5.74, 6) is -0.355. The third-order valence-corrected chi connectivity index (χ3v) is 3.22. The molecule has 0 bridgehead atoms. The molecule has 0 radical (unpaired) electrons. The highest BCUT2D eigenvalue weighted by Gasteiger charge is 2.15. The summed E-state index contributed by atoms with van der Waals surface area (Å²) >= 11 is 4.90. The van der Waals surface area contributed by atoms with Gasteiger partial charge in [-0.25, -0.2) is 4.39 Å². The molecular weight excluding hydrogens is 265 g/mol. The molecule has 0 heterocycles. The predicted octanol–water partition coefficient (Wildman–Crippen LogP) is 2.79. The van der Waals surface area contributed by atoms with Gasteiger partial charge in [0.25, 0.3) is 0 Å². The molecule has 0 amide bonds. The highest BCUT2D eigenvalue weighted by molar-refractivity contribution is 7.80. The van der Waals surface area contributed by atoms with Crippen LogP contribution in [0.3, 0.4) is 0 Å². The number of rotatable bonds is 7. The Bertz CT molecular complexity index is 449. The second kappa shape index (κ2) is 6.93. The summed E-state index contributed by atoms with van der Waals surface area (Å²) in [7, 11) is 1.67. The van der Waals surface area contributed by atoms with E-state index in [-0.39, 0.29) is 16.4 Å². The van der Waals surface area contributed by atoms with E-state index in [1.807, 2.05) is 13.8 Å². The molecule has 3 nitrogen and oxygen atoms in total. The summed E-state index contributed by atoms with van der Waals surface area (Å²) < 4.78 is 24.0. The Morgan fingerprint density at radius 1 is 1.42 bits per heavy atom. The molecule has 5 heteroatoms. The molecule has 0 atom stereocenters. The topological polar surface area (TPSA) is 44.5 Å². The maximum absolute atomic E-state index is 13.1. The third kappa shape index (κ3) is 5.22. The van der Waals surface area contributed by atoms with Crippen LogP contribution in [0, 0.1) is 5.82 Å². The molecule has 0 aliphatic heterocycles. The van der Waals surface area contributed by atoms with Crippen molar-refractivity contribution in [2.24, 2.45) is 5.73 Å². The SMILES string of the molecule is COC(C)(C)CCOCc1ccc(F)cc1C(N)=S. The van der Waals surface area contributed by atoms with Crippen molar-refractivity contribution in [3.05, 3.63) is 35.1 Å². The Kier molecular flexibility index (Phi) is 5.85. The first-order chi connectivity index (χ1) is 8.85. The van der Waals surface area contributed by atoms with Gasteiger partial charge in [-0.15, -0.1) is 0 Å². The second-order valence-electron chi connectivity index (χ2n) is 4.93. The Morgan fingerprint density at radius 2 is 2.11 bits per heavy atom. The van der Waals surface area contributed by atoms with Crippen molar-refractivity contribution in [1.29, 1.82) is 0 Å². The van der Waals surface area contributed by atoms with Crippen LogP contribution in [0.25, 0.3) is 0 Å². The minimum absolute atomic E-state index is 0.176. The van der Waals surface area contributed by atoms with E-state index in [1.54, 1.807) is 13.2 Å². The molecule has 0 unspecified atom stereocenters. The fraction of sp³-hybridized carbons (Fsp3) is 0.500. The minimum Gasteiger partial charge on any atom is -0.389 e. The summed E-state index contributed by atoms with van der Waals surface area (Å²) in [6.07, 6.45) is 0.771.